The number of carboxylic acid groups (broad SMARTS) is 2. The molecule has 8 heteroatoms. The fourth-order valence-corrected chi connectivity index (χ4v) is 1.75. The van der Waals surface area contributed by atoms with Gasteiger partial charge in [-0.2, -0.15) is 0 Å². The van der Waals surface area contributed by atoms with Gasteiger partial charge in [-0.3, -0.25) is 9.69 Å². The van der Waals surface area contributed by atoms with Crippen LogP contribution in [0, 0.1) is 0 Å². The van der Waals surface area contributed by atoms with Gasteiger partial charge in [-0.1, -0.05) is 0 Å². The molecule has 1 rings (SSSR count). The summed E-state index contributed by atoms with van der Waals surface area (Å²) in [5.41, 5.74) is 0. The Hall–Kier alpha value is -1.67. The monoisotopic (exact) mass is 274 g/mol. The molecule has 0 aromatic heterocycles. The molecule has 0 bridgehead atoms. The Kier molecular flexibility index (Phi) is 6.23. The summed E-state index contributed by atoms with van der Waals surface area (Å²) in [6, 6.07) is -1.88. The standard InChI is InChI=1S/C11H18N2O6/c14-8(12-9(10(15)16)11(17)18)2-1-3-13-4-6-19-7-5-13/h9H,1-7H2,(H,12,14)(H,15,16)(H,17,18). The van der Waals surface area contributed by atoms with E-state index in [0.29, 0.717) is 26.2 Å². The van der Waals surface area contributed by atoms with Crippen LogP contribution in [0.1, 0.15) is 12.8 Å². The van der Waals surface area contributed by atoms with E-state index in [4.69, 9.17) is 14.9 Å². The molecule has 0 aromatic carbocycles. The molecule has 0 unspecified atom stereocenters. The van der Waals surface area contributed by atoms with Gasteiger partial charge in [0.15, 0.2) is 0 Å². The number of rotatable bonds is 7. The average molecular weight is 274 g/mol. The number of hydrogen-bond acceptors (Lipinski definition) is 5. The highest BCUT2D eigenvalue weighted by molar-refractivity contribution is 6.00. The highest BCUT2D eigenvalue weighted by Crippen LogP contribution is 2.00. The van der Waals surface area contributed by atoms with E-state index in [9.17, 15) is 14.4 Å². The van der Waals surface area contributed by atoms with Crippen LogP contribution in [0.5, 0.6) is 0 Å². The van der Waals surface area contributed by atoms with Crippen LogP contribution in [-0.2, 0) is 19.1 Å². The van der Waals surface area contributed by atoms with Crippen molar-refractivity contribution in [3.63, 3.8) is 0 Å². The number of morpholine rings is 1. The quantitative estimate of drug-likeness (QED) is 0.497. The Balaban J connectivity index is 2.23. The first-order valence-electron chi connectivity index (χ1n) is 6.06. The summed E-state index contributed by atoms with van der Waals surface area (Å²) < 4.78 is 5.18. The number of nitrogens with one attached hydrogen (secondary N) is 1. The zero-order chi connectivity index (χ0) is 14.3. The molecule has 8 nitrogen and oxygen atoms in total. The van der Waals surface area contributed by atoms with Crippen molar-refractivity contribution < 1.29 is 29.3 Å². The first-order valence-corrected chi connectivity index (χ1v) is 6.06. The summed E-state index contributed by atoms with van der Waals surface area (Å²) in [7, 11) is 0. The molecular formula is C11H18N2O6. The molecule has 1 amide bonds. The number of carbonyl (C=O) groups excluding carboxylic acids is 1. The normalized spacial score (nSPS) is 16.3. The molecule has 108 valence electrons. The second kappa shape index (κ2) is 7.70. The number of aliphatic carboxylic acids is 2. The van der Waals surface area contributed by atoms with Crippen LogP contribution in [0.4, 0.5) is 0 Å². The van der Waals surface area contributed by atoms with Crippen LogP contribution in [0.2, 0.25) is 0 Å². The molecule has 0 atom stereocenters. The Morgan fingerprint density at radius 2 is 1.74 bits per heavy atom. The van der Waals surface area contributed by atoms with Crippen LogP contribution in [-0.4, -0.2) is 71.8 Å². The van der Waals surface area contributed by atoms with Crippen LogP contribution in [0.25, 0.3) is 0 Å². The van der Waals surface area contributed by atoms with Gasteiger partial charge in [-0.05, 0) is 13.0 Å². The molecule has 3 N–H and O–H groups in total. The minimum absolute atomic E-state index is 0.106. The molecule has 0 saturated carbocycles. The fourth-order valence-electron chi connectivity index (χ4n) is 1.75. The first kappa shape index (κ1) is 15.4. The van der Waals surface area contributed by atoms with Crippen molar-refractivity contribution in [1.82, 2.24) is 10.2 Å². The van der Waals surface area contributed by atoms with Crippen LogP contribution in [0.3, 0.4) is 0 Å². The number of carbonyl (C=O) groups is 3. The van der Waals surface area contributed by atoms with Gasteiger partial charge in [0.25, 0.3) is 0 Å². The maximum Gasteiger partial charge on any atom is 0.338 e. The van der Waals surface area contributed by atoms with Gasteiger partial charge < -0.3 is 20.3 Å². The number of nitrogens with zero attached hydrogens (tertiary/aromatic N) is 1. The van der Waals surface area contributed by atoms with Crippen LogP contribution >= 0.6 is 0 Å². The number of carboxylic acids is 2. The molecule has 0 radical (unpaired) electrons. The Morgan fingerprint density at radius 1 is 1.16 bits per heavy atom. The largest absolute Gasteiger partial charge is 0.479 e. The predicted molar refractivity (Wildman–Crippen MR) is 63.7 cm³/mol. The lowest BCUT2D eigenvalue weighted by Crippen LogP contribution is -2.46. The van der Waals surface area contributed by atoms with Crippen LogP contribution in [0.15, 0.2) is 0 Å². The third-order valence-electron chi connectivity index (χ3n) is 2.78. The van der Waals surface area contributed by atoms with E-state index in [-0.39, 0.29) is 6.42 Å². The molecule has 19 heavy (non-hydrogen) atoms. The molecule has 0 aliphatic carbocycles. The predicted octanol–water partition coefficient (Wildman–Crippen LogP) is -1.25. The third kappa shape index (κ3) is 5.66. The van der Waals surface area contributed by atoms with E-state index >= 15 is 0 Å². The zero-order valence-electron chi connectivity index (χ0n) is 10.5. The minimum Gasteiger partial charge on any atom is -0.479 e. The molecule has 1 saturated heterocycles. The molecule has 0 aromatic rings. The molecule has 1 fully saturated rings. The van der Waals surface area contributed by atoms with E-state index in [0.717, 1.165) is 13.1 Å². The second-order valence-corrected chi connectivity index (χ2v) is 4.23. The fraction of sp³-hybridized carbons (Fsp3) is 0.727. The molecule has 1 aliphatic heterocycles. The summed E-state index contributed by atoms with van der Waals surface area (Å²) in [5, 5.41) is 19.2. The lowest BCUT2D eigenvalue weighted by atomic mass is 10.2. The summed E-state index contributed by atoms with van der Waals surface area (Å²) in [6.45, 7) is 3.68. The van der Waals surface area contributed by atoms with Gasteiger partial charge in [-0.25, -0.2) is 9.59 Å². The van der Waals surface area contributed by atoms with Gasteiger partial charge in [0.2, 0.25) is 11.9 Å². The van der Waals surface area contributed by atoms with E-state index in [1.807, 2.05) is 5.32 Å². The smallest absolute Gasteiger partial charge is 0.338 e. The zero-order valence-corrected chi connectivity index (χ0v) is 10.5. The third-order valence-corrected chi connectivity index (χ3v) is 2.78. The highest BCUT2D eigenvalue weighted by Gasteiger charge is 2.27. The van der Waals surface area contributed by atoms with E-state index in [2.05, 4.69) is 4.90 Å². The van der Waals surface area contributed by atoms with Crippen molar-refractivity contribution in [1.29, 1.82) is 0 Å². The Bertz CT molecular complexity index is 326. The highest BCUT2D eigenvalue weighted by atomic mass is 16.5. The maximum atomic E-state index is 11.4. The topological polar surface area (TPSA) is 116 Å². The minimum atomic E-state index is -1.88. The number of ether oxygens (including phenoxy) is 1. The summed E-state index contributed by atoms with van der Waals surface area (Å²) >= 11 is 0. The van der Waals surface area contributed by atoms with Crippen molar-refractivity contribution in [3.8, 4) is 0 Å². The Labute approximate surface area is 110 Å². The molecule has 1 heterocycles. The second-order valence-electron chi connectivity index (χ2n) is 4.23. The van der Waals surface area contributed by atoms with Crippen molar-refractivity contribution in [2.75, 3.05) is 32.8 Å². The molecule has 1 aliphatic rings. The van der Waals surface area contributed by atoms with Gasteiger partial charge in [0.05, 0.1) is 13.2 Å². The van der Waals surface area contributed by atoms with Crippen molar-refractivity contribution in [2.24, 2.45) is 0 Å². The van der Waals surface area contributed by atoms with Gasteiger partial charge >= 0.3 is 11.9 Å². The number of hydrogen-bond donors (Lipinski definition) is 3. The van der Waals surface area contributed by atoms with Crippen molar-refractivity contribution in [2.45, 2.75) is 18.9 Å². The Morgan fingerprint density at radius 3 is 2.26 bits per heavy atom. The van der Waals surface area contributed by atoms with Crippen molar-refractivity contribution >= 4 is 17.8 Å². The summed E-state index contributed by atoms with van der Waals surface area (Å²) in [5.74, 6) is -3.72. The van der Waals surface area contributed by atoms with E-state index < -0.39 is 23.9 Å². The van der Waals surface area contributed by atoms with E-state index in [1.54, 1.807) is 0 Å². The van der Waals surface area contributed by atoms with Crippen LogP contribution < -0.4 is 5.32 Å². The average Bonchev–Trinajstić information content (AvgIpc) is 2.36. The van der Waals surface area contributed by atoms with Gasteiger partial charge in [0.1, 0.15) is 0 Å². The van der Waals surface area contributed by atoms with Crippen molar-refractivity contribution in [3.05, 3.63) is 0 Å². The van der Waals surface area contributed by atoms with Gasteiger partial charge in [0, 0.05) is 19.5 Å². The van der Waals surface area contributed by atoms with E-state index in [1.165, 1.54) is 0 Å². The summed E-state index contributed by atoms with van der Waals surface area (Å²) in [6.07, 6.45) is 0.659. The SMILES string of the molecule is O=C(CCCN1CCOCC1)NC(C(=O)O)C(=O)O. The number of amides is 1. The first-order chi connectivity index (χ1) is 9.00. The lowest BCUT2D eigenvalue weighted by molar-refractivity contribution is -0.153. The lowest BCUT2D eigenvalue weighted by Gasteiger charge is -2.26. The van der Waals surface area contributed by atoms with Gasteiger partial charge in [-0.15, -0.1) is 0 Å². The molecule has 0 spiro atoms. The summed E-state index contributed by atoms with van der Waals surface area (Å²) in [4.78, 5) is 34.7. The maximum absolute atomic E-state index is 11.4. The molecular weight excluding hydrogens is 256 g/mol.